The van der Waals surface area contributed by atoms with Crippen molar-refractivity contribution in [3.8, 4) is 6.07 Å². The first-order valence-electron chi connectivity index (χ1n) is 7.04. The Morgan fingerprint density at radius 2 is 1.76 bits per heavy atom. The number of carboxylic acid groups (broad SMARTS) is 1. The van der Waals surface area contributed by atoms with Crippen molar-refractivity contribution in [1.29, 1.82) is 5.26 Å². The van der Waals surface area contributed by atoms with E-state index in [-0.39, 0.29) is 17.7 Å². The minimum absolute atomic E-state index is 0.0402. The second kappa shape index (κ2) is 6.40. The monoisotopic (exact) mass is 286 g/mol. The van der Waals surface area contributed by atoms with Gasteiger partial charge in [0.2, 0.25) is 5.91 Å². The minimum atomic E-state index is -0.774. The molecule has 0 heterocycles. The molecule has 2 rings (SSSR count). The quantitative estimate of drug-likeness (QED) is 0.925. The predicted molar refractivity (Wildman–Crippen MR) is 77.7 cm³/mol. The van der Waals surface area contributed by atoms with E-state index in [0.29, 0.717) is 36.9 Å². The fraction of sp³-hybridized carbons (Fsp3) is 0.438. The lowest BCUT2D eigenvalue weighted by molar-refractivity contribution is -0.143. The first kappa shape index (κ1) is 15.0. The summed E-state index contributed by atoms with van der Waals surface area (Å²) in [4.78, 5) is 25.0. The molecule has 1 amide bonds. The first-order chi connectivity index (χ1) is 10.0. The van der Waals surface area contributed by atoms with Crippen molar-refractivity contribution in [2.45, 2.75) is 25.7 Å². The van der Waals surface area contributed by atoms with Gasteiger partial charge in [-0.15, -0.1) is 0 Å². The fourth-order valence-corrected chi connectivity index (χ4v) is 2.84. The second-order valence-electron chi connectivity index (χ2n) is 5.41. The molecule has 1 saturated carbocycles. The largest absolute Gasteiger partial charge is 0.481 e. The highest BCUT2D eigenvalue weighted by Gasteiger charge is 2.31. The highest BCUT2D eigenvalue weighted by atomic mass is 16.4. The normalized spacial score (nSPS) is 21.3. The van der Waals surface area contributed by atoms with E-state index in [0.717, 1.165) is 0 Å². The number of anilines is 1. The van der Waals surface area contributed by atoms with Gasteiger partial charge in [-0.3, -0.25) is 9.59 Å². The molecular weight excluding hydrogens is 268 g/mol. The van der Waals surface area contributed by atoms with Crippen LogP contribution in [0.3, 0.4) is 0 Å². The lowest BCUT2D eigenvalue weighted by Gasteiger charge is -2.29. The van der Waals surface area contributed by atoms with Gasteiger partial charge in [0.05, 0.1) is 17.2 Å². The van der Waals surface area contributed by atoms with Crippen LogP contribution in [0.1, 0.15) is 31.2 Å². The lowest BCUT2D eigenvalue weighted by atomic mass is 9.81. The van der Waals surface area contributed by atoms with Gasteiger partial charge in [-0.25, -0.2) is 0 Å². The molecule has 1 aromatic carbocycles. The molecule has 1 aromatic rings. The molecule has 5 nitrogen and oxygen atoms in total. The number of hydrogen-bond acceptors (Lipinski definition) is 3. The Kier molecular flexibility index (Phi) is 4.59. The number of rotatable bonds is 3. The van der Waals surface area contributed by atoms with Crippen LogP contribution in [0.4, 0.5) is 5.69 Å². The smallest absolute Gasteiger partial charge is 0.306 e. The average molecular weight is 286 g/mol. The van der Waals surface area contributed by atoms with Crippen molar-refractivity contribution in [2.24, 2.45) is 11.8 Å². The van der Waals surface area contributed by atoms with Crippen LogP contribution in [0.2, 0.25) is 0 Å². The molecule has 0 spiro atoms. The van der Waals surface area contributed by atoms with Crippen LogP contribution >= 0.6 is 0 Å². The number of carbonyl (C=O) groups excluding carboxylic acids is 1. The number of benzene rings is 1. The van der Waals surface area contributed by atoms with Crippen molar-refractivity contribution in [2.75, 3.05) is 11.9 Å². The van der Waals surface area contributed by atoms with Gasteiger partial charge in [-0.1, -0.05) is 12.1 Å². The number of aliphatic carboxylic acids is 1. The highest BCUT2D eigenvalue weighted by Crippen LogP contribution is 2.31. The Balaban J connectivity index is 2.07. The third kappa shape index (κ3) is 3.22. The molecule has 1 fully saturated rings. The van der Waals surface area contributed by atoms with E-state index in [1.54, 1.807) is 31.3 Å². The molecule has 0 bridgehead atoms. The average Bonchev–Trinajstić information content (AvgIpc) is 2.53. The maximum absolute atomic E-state index is 12.5. The molecule has 0 atom stereocenters. The summed E-state index contributed by atoms with van der Waals surface area (Å²) in [5.41, 5.74) is 1.07. The van der Waals surface area contributed by atoms with Crippen molar-refractivity contribution in [1.82, 2.24) is 0 Å². The molecule has 0 saturated heterocycles. The molecule has 5 heteroatoms. The number of nitriles is 1. The third-order valence-electron chi connectivity index (χ3n) is 4.14. The summed E-state index contributed by atoms with van der Waals surface area (Å²) in [6, 6.07) is 9.07. The van der Waals surface area contributed by atoms with Crippen LogP contribution in [0.5, 0.6) is 0 Å². The molecule has 0 aliphatic heterocycles. The molecule has 1 aliphatic carbocycles. The van der Waals surface area contributed by atoms with Gasteiger partial charge >= 0.3 is 5.97 Å². The molecule has 21 heavy (non-hydrogen) atoms. The Bertz CT molecular complexity index is 583. The van der Waals surface area contributed by atoms with Crippen LogP contribution in [0, 0.1) is 23.2 Å². The summed E-state index contributed by atoms with van der Waals surface area (Å²) >= 11 is 0. The van der Waals surface area contributed by atoms with E-state index in [1.165, 1.54) is 4.90 Å². The summed E-state index contributed by atoms with van der Waals surface area (Å²) in [6.45, 7) is 0. The third-order valence-corrected chi connectivity index (χ3v) is 4.14. The zero-order valence-corrected chi connectivity index (χ0v) is 12.0. The Morgan fingerprint density at radius 1 is 1.19 bits per heavy atom. The van der Waals surface area contributed by atoms with Gasteiger partial charge in [0.1, 0.15) is 6.07 Å². The minimum Gasteiger partial charge on any atom is -0.481 e. The molecular formula is C16H18N2O3. The van der Waals surface area contributed by atoms with Crippen LogP contribution in [-0.4, -0.2) is 24.0 Å². The number of amides is 1. The summed E-state index contributed by atoms with van der Waals surface area (Å²) in [5, 5.41) is 18.1. The molecule has 0 unspecified atom stereocenters. The van der Waals surface area contributed by atoms with E-state index >= 15 is 0 Å². The van der Waals surface area contributed by atoms with Crippen molar-refractivity contribution >= 4 is 17.6 Å². The number of carboxylic acids is 1. The van der Waals surface area contributed by atoms with E-state index in [9.17, 15) is 9.59 Å². The van der Waals surface area contributed by atoms with Crippen LogP contribution < -0.4 is 4.90 Å². The van der Waals surface area contributed by atoms with Crippen LogP contribution in [-0.2, 0) is 9.59 Å². The number of hydrogen-bond donors (Lipinski definition) is 1. The van der Waals surface area contributed by atoms with E-state index < -0.39 is 5.97 Å². The summed E-state index contributed by atoms with van der Waals surface area (Å²) in [5.74, 6) is -1.30. The van der Waals surface area contributed by atoms with Gasteiger partial charge < -0.3 is 10.0 Å². The summed E-state index contributed by atoms with van der Waals surface area (Å²) in [6.07, 6.45) is 2.27. The molecule has 0 radical (unpaired) electrons. The van der Waals surface area contributed by atoms with Gasteiger partial charge in [0.15, 0.2) is 0 Å². The lowest BCUT2D eigenvalue weighted by Crippen LogP contribution is -2.36. The zero-order valence-electron chi connectivity index (χ0n) is 12.0. The standard InChI is InChI=1S/C16H18N2O3/c1-18(14-5-3-2-4-13(14)10-17)15(19)11-6-8-12(9-7-11)16(20)21/h2-5,11-12H,6-9H2,1H3,(H,20,21). The van der Waals surface area contributed by atoms with Crippen molar-refractivity contribution < 1.29 is 14.7 Å². The Hall–Kier alpha value is -2.35. The van der Waals surface area contributed by atoms with Gasteiger partial charge in [-0.05, 0) is 37.8 Å². The van der Waals surface area contributed by atoms with Gasteiger partial charge in [0.25, 0.3) is 0 Å². The Morgan fingerprint density at radius 3 is 2.33 bits per heavy atom. The zero-order chi connectivity index (χ0) is 15.4. The number of para-hydroxylation sites is 1. The van der Waals surface area contributed by atoms with Crippen LogP contribution in [0.15, 0.2) is 24.3 Å². The summed E-state index contributed by atoms with van der Waals surface area (Å²) < 4.78 is 0. The summed E-state index contributed by atoms with van der Waals surface area (Å²) in [7, 11) is 1.67. The second-order valence-corrected chi connectivity index (χ2v) is 5.41. The van der Waals surface area contributed by atoms with Gasteiger partial charge in [-0.2, -0.15) is 5.26 Å². The topological polar surface area (TPSA) is 81.4 Å². The SMILES string of the molecule is CN(C(=O)C1CCC(C(=O)O)CC1)c1ccccc1C#N. The maximum atomic E-state index is 12.5. The molecule has 110 valence electrons. The molecule has 0 aromatic heterocycles. The predicted octanol–water partition coefficient (Wildman–Crippen LogP) is 2.41. The van der Waals surface area contributed by atoms with E-state index in [4.69, 9.17) is 10.4 Å². The molecule has 1 aliphatic rings. The number of carbonyl (C=O) groups is 2. The number of nitrogens with zero attached hydrogens (tertiary/aromatic N) is 2. The first-order valence-corrected chi connectivity index (χ1v) is 7.04. The van der Waals surface area contributed by atoms with Gasteiger partial charge in [0, 0.05) is 13.0 Å². The van der Waals surface area contributed by atoms with Crippen LogP contribution in [0.25, 0.3) is 0 Å². The van der Waals surface area contributed by atoms with Crippen molar-refractivity contribution in [3.63, 3.8) is 0 Å². The molecule has 1 N–H and O–H groups in total. The maximum Gasteiger partial charge on any atom is 0.306 e. The van der Waals surface area contributed by atoms with E-state index in [1.807, 2.05) is 0 Å². The van der Waals surface area contributed by atoms with E-state index in [2.05, 4.69) is 6.07 Å². The van der Waals surface area contributed by atoms with Crippen molar-refractivity contribution in [3.05, 3.63) is 29.8 Å². The fourth-order valence-electron chi connectivity index (χ4n) is 2.84. The Labute approximate surface area is 123 Å². The highest BCUT2D eigenvalue weighted by molar-refractivity contribution is 5.95.